The molecular weight excluding hydrogens is 212 g/mol. The average Bonchev–Trinajstić information content (AvgIpc) is 2.09. The summed E-state index contributed by atoms with van der Waals surface area (Å²) in [6.07, 6.45) is -0.582. The summed E-state index contributed by atoms with van der Waals surface area (Å²) in [5.41, 5.74) is 4.73. The molecule has 1 aliphatic rings. The van der Waals surface area contributed by atoms with E-state index in [0.717, 1.165) is 0 Å². The molecule has 0 aromatic carbocycles. The highest BCUT2D eigenvalue weighted by Crippen LogP contribution is 2.16. The molecule has 3 amide bonds. The summed E-state index contributed by atoms with van der Waals surface area (Å²) in [7, 11) is 0. The van der Waals surface area contributed by atoms with Gasteiger partial charge in [0.25, 0.3) is 5.91 Å². The normalized spacial score (nSPS) is 22.2. The zero-order chi connectivity index (χ0) is 12.5. The van der Waals surface area contributed by atoms with E-state index in [0.29, 0.717) is 4.90 Å². The van der Waals surface area contributed by atoms with Crippen molar-refractivity contribution in [2.45, 2.75) is 45.3 Å². The van der Waals surface area contributed by atoms with Crippen molar-refractivity contribution in [3.8, 4) is 0 Å². The van der Waals surface area contributed by atoms with E-state index in [-0.39, 0.29) is 12.8 Å². The van der Waals surface area contributed by atoms with E-state index < -0.39 is 29.6 Å². The van der Waals surface area contributed by atoms with E-state index in [1.54, 1.807) is 20.8 Å². The van der Waals surface area contributed by atoms with Crippen LogP contribution in [0.4, 0.5) is 4.79 Å². The van der Waals surface area contributed by atoms with Crippen LogP contribution in [0.25, 0.3) is 0 Å². The summed E-state index contributed by atoms with van der Waals surface area (Å²) < 4.78 is 4.96. The van der Waals surface area contributed by atoms with Crippen LogP contribution < -0.4 is 5.73 Å². The van der Waals surface area contributed by atoms with Gasteiger partial charge in [0.2, 0.25) is 5.91 Å². The number of likely N-dealkylation sites (tertiary alicyclic amines) is 1. The van der Waals surface area contributed by atoms with Gasteiger partial charge < -0.3 is 10.5 Å². The Morgan fingerprint density at radius 2 is 2.00 bits per heavy atom. The molecule has 0 aromatic rings. The number of hydrogen-bond donors (Lipinski definition) is 1. The molecule has 1 aliphatic heterocycles. The van der Waals surface area contributed by atoms with Gasteiger partial charge in [-0.3, -0.25) is 9.59 Å². The molecule has 90 valence electrons. The number of imide groups is 3. The van der Waals surface area contributed by atoms with Crippen molar-refractivity contribution in [2.75, 3.05) is 0 Å². The first kappa shape index (κ1) is 12.6. The molecule has 0 saturated carbocycles. The smallest absolute Gasteiger partial charge is 0.424 e. The van der Waals surface area contributed by atoms with Gasteiger partial charge in [0.05, 0.1) is 6.04 Å². The molecule has 2 N–H and O–H groups in total. The average molecular weight is 228 g/mol. The third kappa shape index (κ3) is 2.79. The lowest BCUT2D eigenvalue weighted by molar-refractivity contribution is -0.147. The molecule has 0 radical (unpaired) electrons. The molecule has 0 spiro atoms. The summed E-state index contributed by atoms with van der Waals surface area (Å²) in [5.74, 6) is -1.24. The standard InChI is InChI=1S/C10H16N2O4/c1-10(2,3)16-9(15)12-7(13)5-4-6(11)8(12)14/h6H,4-5,11H2,1-3H3. The van der Waals surface area contributed by atoms with Crippen LogP contribution in [0.1, 0.15) is 33.6 Å². The molecule has 1 unspecified atom stereocenters. The van der Waals surface area contributed by atoms with Gasteiger partial charge in [0.1, 0.15) is 5.60 Å². The maximum Gasteiger partial charge on any atom is 0.424 e. The van der Waals surface area contributed by atoms with Gasteiger partial charge in [0.15, 0.2) is 0 Å². The fourth-order valence-corrected chi connectivity index (χ4v) is 1.30. The predicted octanol–water partition coefficient (Wildman–Crippen LogP) is 0.398. The second-order valence-electron chi connectivity index (χ2n) is 4.69. The van der Waals surface area contributed by atoms with Crippen LogP contribution in [0.3, 0.4) is 0 Å². The molecule has 0 bridgehead atoms. The van der Waals surface area contributed by atoms with Crippen molar-refractivity contribution in [2.24, 2.45) is 5.73 Å². The molecule has 1 rings (SSSR count). The fourth-order valence-electron chi connectivity index (χ4n) is 1.30. The second-order valence-corrected chi connectivity index (χ2v) is 4.69. The Morgan fingerprint density at radius 3 is 2.50 bits per heavy atom. The first-order valence-electron chi connectivity index (χ1n) is 5.08. The van der Waals surface area contributed by atoms with Crippen LogP contribution in [0, 0.1) is 0 Å². The molecule has 6 heteroatoms. The minimum atomic E-state index is -0.947. The predicted molar refractivity (Wildman–Crippen MR) is 55.3 cm³/mol. The number of nitrogens with two attached hydrogens (primary N) is 1. The third-order valence-corrected chi connectivity index (χ3v) is 2.03. The zero-order valence-electron chi connectivity index (χ0n) is 9.65. The van der Waals surface area contributed by atoms with Crippen LogP contribution >= 0.6 is 0 Å². The Labute approximate surface area is 93.7 Å². The maximum atomic E-state index is 11.6. The van der Waals surface area contributed by atoms with E-state index in [1.807, 2.05) is 0 Å². The van der Waals surface area contributed by atoms with E-state index >= 15 is 0 Å². The van der Waals surface area contributed by atoms with Gasteiger partial charge >= 0.3 is 6.09 Å². The van der Waals surface area contributed by atoms with Gasteiger partial charge in [0, 0.05) is 6.42 Å². The Kier molecular flexibility index (Phi) is 3.32. The summed E-state index contributed by atoms with van der Waals surface area (Å²) >= 11 is 0. The number of nitrogens with zero attached hydrogens (tertiary/aromatic N) is 1. The number of piperidine rings is 1. The maximum absolute atomic E-state index is 11.6. The van der Waals surface area contributed by atoms with Gasteiger partial charge in [-0.25, -0.2) is 4.79 Å². The highest BCUT2D eigenvalue weighted by atomic mass is 16.6. The summed E-state index contributed by atoms with van der Waals surface area (Å²) in [5, 5.41) is 0. The molecule has 1 atom stereocenters. The molecule has 16 heavy (non-hydrogen) atoms. The number of hydrogen-bond acceptors (Lipinski definition) is 5. The zero-order valence-corrected chi connectivity index (χ0v) is 9.65. The van der Waals surface area contributed by atoms with Crippen LogP contribution in [-0.2, 0) is 14.3 Å². The lowest BCUT2D eigenvalue weighted by atomic mass is 10.1. The lowest BCUT2D eigenvalue weighted by Gasteiger charge is -2.29. The van der Waals surface area contributed by atoms with Crippen molar-refractivity contribution >= 4 is 17.9 Å². The third-order valence-electron chi connectivity index (χ3n) is 2.03. The fraction of sp³-hybridized carbons (Fsp3) is 0.700. The second kappa shape index (κ2) is 4.21. The molecule has 1 heterocycles. The molecule has 1 fully saturated rings. The largest absolute Gasteiger partial charge is 0.443 e. The number of carbonyl (C=O) groups is 3. The Hall–Kier alpha value is -1.43. The van der Waals surface area contributed by atoms with Gasteiger partial charge in [-0.2, -0.15) is 4.90 Å². The van der Waals surface area contributed by atoms with Gasteiger partial charge in [-0.1, -0.05) is 0 Å². The first-order chi connectivity index (χ1) is 7.22. The Bertz CT molecular complexity index is 332. The van der Waals surface area contributed by atoms with Crippen molar-refractivity contribution in [3.63, 3.8) is 0 Å². The molecule has 6 nitrogen and oxygen atoms in total. The van der Waals surface area contributed by atoms with Crippen LogP contribution in [-0.4, -0.2) is 34.5 Å². The Morgan fingerprint density at radius 1 is 1.44 bits per heavy atom. The SMILES string of the molecule is CC(C)(C)OC(=O)N1C(=O)CCC(N)C1=O. The number of amides is 3. The van der Waals surface area contributed by atoms with Crippen LogP contribution in [0.5, 0.6) is 0 Å². The lowest BCUT2D eigenvalue weighted by Crippen LogP contribution is -2.54. The van der Waals surface area contributed by atoms with E-state index in [4.69, 9.17) is 10.5 Å². The monoisotopic (exact) mass is 228 g/mol. The highest BCUT2D eigenvalue weighted by Gasteiger charge is 2.38. The summed E-state index contributed by atoms with van der Waals surface area (Å²) in [4.78, 5) is 35.1. The van der Waals surface area contributed by atoms with Gasteiger partial charge in [-0.05, 0) is 27.2 Å². The van der Waals surface area contributed by atoms with Crippen molar-refractivity contribution in [1.82, 2.24) is 4.90 Å². The number of rotatable bonds is 0. The highest BCUT2D eigenvalue weighted by molar-refractivity contribution is 6.11. The first-order valence-corrected chi connectivity index (χ1v) is 5.08. The minimum Gasteiger partial charge on any atom is -0.443 e. The Balaban J connectivity index is 2.80. The minimum absolute atomic E-state index is 0.0894. The van der Waals surface area contributed by atoms with Gasteiger partial charge in [-0.15, -0.1) is 0 Å². The van der Waals surface area contributed by atoms with E-state index in [9.17, 15) is 14.4 Å². The molecule has 0 aliphatic carbocycles. The molecule has 1 saturated heterocycles. The molecule has 0 aromatic heterocycles. The molecular formula is C10H16N2O4. The van der Waals surface area contributed by atoms with Crippen LogP contribution in [0.2, 0.25) is 0 Å². The van der Waals surface area contributed by atoms with Crippen molar-refractivity contribution in [1.29, 1.82) is 0 Å². The summed E-state index contributed by atoms with van der Waals surface area (Å²) in [6.45, 7) is 4.97. The van der Waals surface area contributed by atoms with E-state index in [2.05, 4.69) is 0 Å². The number of carbonyl (C=O) groups excluding carboxylic acids is 3. The quantitative estimate of drug-likeness (QED) is 0.606. The van der Waals surface area contributed by atoms with Crippen molar-refractivity contribution < 1.29 is 19.1 Å². The topological polar surface area (TPSA) is 89.7 Å². The summed E-state index contributed by atoms with van der Waals surface area (Å²) in [6, 6.07) is -0.801. The van der Waals surface area contributed by atoms with Crippen molar-refractivity contribution in [3.05, 3.63) is 0 Å². The van der Waals surface area contributed by atoms with E-state index in [1.165, 1.54) is 0 Å². The van der Waals surface area contributed by atoms with Crippen LogP contribution in [0.15, 0.2) is 0 Å². The number of ether oxygens (including phenoxy) is 1.